The maximum Gasteiger partial charge on any atom is 0.0431 e. The van der Waals surface area contributed by atoms with Crippen molar-refractivity contribution < 1.29 is 5.11 Å². The summed E-state index contributed by atoms with van der Waals surface area (Å²) < 4.78 is 0. The molecule has 0 rings (SSSR count). The predicted octanol–water partition coefficient (Wildman–Crippen LogP) is 4.68. The standard InChI is InChI=1S/C16H30O/c1-2-3-4-5-6-7-8-9-10-11-12-13-14-15-16-17/h17H,2-9,12-16H2,1H3. The first kappa shape index (κ1) is 16.5. The summed E-state index contributed by atoms with van der Waals surface area (Å²) in [5.74, 6) is 6.48. The van der Waals surface area contributed by atoms with Crippen LogP contribution in [0.1, 0.15) is 84.0 Å². The highest BCUT2D eigenvalue weighted by Crippen LogP contribution is 2.07. The number of hydrogen-bond acceptors (Lipinski definition) is 1. The van der Waals surface area contributed by atoms with Crippen LogP contribution >= 0.6 is 0 Å². The fraction of sp³-hybridized carbons (Fsp3) is 0.875. The molecular weight excluding hydrogens is 208 g/mol. The molecule has 0 aliphatic carbocycles. The quantitative estimate of drug-likeness (QED) is 0.409. The summed E-state index contributed by atoms with van der Waals surface area (Å²) in [5, 5.41) is 8.61. The maximum absolute atomic E-state index is 8.61. The molecule has 0 bridgehead atoms. The third kappa shape index (κ3) is 15.5. The molecular formula is C16H30O. The molecule has 0 aromatic carbocycles. The number of rotatable bonds is 11. The molecule has 1 nitrogen and oxygen atoms in total. The van der Waals surface area contributed by atoms with Crippen molar-refractivity contribution >= 4 is 0 Å². The SMILES string of the molecule is CCCCCCCCCC#CCCCCCO. The van der Waals surface area contributed by atoms with Gasteiger partial charge in [-0.05, 0) is 19.3 Å². The number of aliphatic hydroxyl groups excluding tert-OH is 1. The summed E-state index contributed by atoms with van der Waals surface area (Å²) >= 11 is 0. The van der Waals surface area contributed by atoms with Crippen LogP contribution in [0.15, 0.2) is 0 Å². The van der Waals surface area contributed by atoms with E-state index in [0.717, 1.165) is 32.1 Å². The first-order valence-electron chi connectivity index (χ1n) is 7.48. The Balaban J connectivity index is 3.04. The van der Waals surface area contributed by atoms with E-state index in [1.165, 1.54) is 44.9 Å². The van der Waals surface area contributed by atoms with E-state index >= 15 is 0 Å². The van der Waals surface area contributed by atoms with E-state index in [2.05, 4.69) is 18.8 Å². The van der Waals surface area contributed by atoms with E-state index in [-0.39, 0.29) is 0 Å². The van der Waals surface area contributed by atoms with Gasteiger partial charge in [0.05, 0.1) is 0 Å². The van der Waals surface area contributed by atoms with Crippen molar-refractivity contribution in [3.63, 3.8) is 0 Å². The predicted molar refractivity (Wildman–Crippen MR) is 75.9 cm³/mol. The zero-order chi connectivity index (χ0) is 12.6. The van der Waals surface area contributed by atoms with Gasteiger partial charge in [0.15, 0.2) is 0 Å². The van der Waals surface area contributed by atoms with Crippen LogP contribution < -0.4 is 0 Å². The zero-order valence-electron chi connectivity index (χ0n) is 11.6. The summed E-state index contributed by atoms with van der Waals surface area (Å²) in [4.78, 5) is 0. The molecule has 0 radical (unpaired) electrons. The summed E-state index contributed by atoms with van der Waals surface area (Å²) in [7, 11) is 0. The molecule has 0 aliphatic heterocycles. The number of aliphatic hydroxyl groups is 1. The molecule has 0 amide bonds. The van der Waals surface area contributed by atoms with Gasteiger partial charge >= 0.3 is 0 Å². The van der Waals surface area contributed by atoms with Gasteiger partial charge in [0.2, 0.25) is 0 Å². The highest BCUT2D eigenvalue weighted by molar-refractivity contribution is 4.98. The van der Waals surface area contributed by atoms with Crippen molar-refractivity contribution in [2.75, 3.05) is 6.61 Å². The average Bonchev–Trinajstić information content (AvgIpc) is 2.35. The molecule has 0 fully saturated rings. The molecule has 100 valence electrons. The summed E-state index contributed by atoms with van der Waals surface area (Å²) in [5.41, 5.74) is 0. The molecule has 0 saturated heterocycles. The third-order valence-electron chi connectivity index (χ3n) is 2.99. The molecule has 0 unspecified atom stereocenters. The lowest BCUT2D eigenvalue weighted by Gasteiger charge is -1.98. The molecule has 0 aliphatic rings. The Labute approximate surface area is 108 Å². The third-order valence-corrected chi connectivity index (χ3v) is 2.99. The Bertz CT molecular complexity index is 187. The minimum Gasteiger partial charge on any atom is -0.396 e. The van der Waals surface area contributed by atoms with E-state index in [1.807, 2.05) is 0 Å². The van der Waals surface area contributed by atoms with Crippen LogP contribution in [-0.4, -0.2) is 11.7 Å². The number of unbranched alkanes of at least 4 members (excludes halogenated alkanes) is 10. The minimum atomic E-state index is 0.325. The van der Waals surface area contributed by atoms with Gasteiger partial charge in [-0.1, -0.05) is 51.9 Å². The Morgan fingerprint density at radius 2 is 1.12 bits per heavy atom. The highest BCUT2D eigenvalue weighted by Gasteiger charge is 1.89. The maximum atomic E-state index is 8.61. The van der Waals surface area contributed by atoms with Gasteiger partial charge in [0.1, 0.15) is 0 Å². The molecule has 17 heavy (non-hydrogen) atoms. The molecule has 1 N–H and O–H groups in total. The fourth-order valence-corrected chi connectivity index (χ4v) is 1.85. The average molecular weight is 238 g/mol. The first-order chi connectivity index (χ1) is 8.41. The van der Waals surface area contributed by atoms with Crippen LogP contribution in [0.2, 0.25) is 0 Å². The summed E-state index contributed by atoms with van der Waals surface area (Å²) in [6, 6.07) is 0. The molecule has 0 aromatic heterocycles. The Hall–Kier alpha value is -0.480. The van der Waals surface area contributed by atoms with E-state index in [0.29, 0.717) is 6.61 Å². The lowest BCUT2D eigenvalue weighted by Crippen LogP contribution is -1.82. The number of hydrogen-bond donors (Lipinski definition) is 1. The smallest absolute Gasteiger partial charge is 0.0431 e. The van der Waals surface area contributed by atoms with E-state index < -0.39 is 0 Å². The van der Waals surface area contributed by atoms with Crippen molar-refractivity contribution in [2.45, 2.75) is 84.0 Å². The van der Waals surface area contributed by atoms with Crippen molar-refractivity contribution in [2.24, 2.45) is 0 Å². The van der Waals surface area contributed by atoms with Gasteiger partial charge in [-0.2, -0.15) is 0 Å². The second-order valence-electron chi connectivity index (χ2n) is 4.76. The van der Waals surface area contributed by atoms with Crippen LogP contribution in [0.3, 0.4) is 0 Å². The normalized spacial score (nSPS) is 10.0. The summed E-state index contributed by atoms with van der Waals surface area (Å²) in [6.45, 7) is 2.58. The lowest BCUT2D eigenvalue weighted by molar-refractivity contribution is 0.283. The Kier molecular flexibility index (Phi) is 15.1. The van der Waals surface area contributed by atoms with Gasteiger partial charge in [-0.25, -0.2) is 0 Å². The molecule has 0 atom stereocenters. The monoisotopic (exact) mass is 238 g/mol. The minimum absolute atomic E-state index is 0.325. The van der Waals surface area contributed by atoms with Gasteiger partial charge in [0, 0.05) is 19.4 Å². The highest BCUT2D eigenvalue weighted by atomic mass is 16.2. The molecule has 0 heterocycles. The summed E-state index contributed by atoms with van der Waals surface area (Å²) in [6.07, 6.45) is 14.8. The van der Waals surface area contributed by atoms with E-state index in [1.54, 1.807) is 0 Å². The van der Waals surface area contributed by atoms with Crippen molar-refractivity contribution in [3.05, 3.63) is 0 Å². The fourth-order valence-electron chi connectivity index (χ4n) is 1.85. The van der Waals surface area contributed by atoms with E-state index in [4.69, 9.17) is 5.11 Å². The Morgan fingerprint density at radius 1 is 0.647 bits per heavy atom. The van der Waals surface area contributed by atoms with Crippen molar-refractivity contribution in [1.82, 2.24) is 0 Å². The Morgan fingerprint density at radius 3 is 1.65 bits per heavy atom. The van der Waals surface area contributed by atoms with Gasteiger partial charge < -0.3 is 5.11 Å². The van der Waals surface area contributed by atoms with Gasteiger partial charge in [0.25, 0.3) is 0 Å². The topological polar surface area (TPSA) is 20.2 Å². The first-order valence-corrected chi connectivity index (χ1v) is 7.48. The molecule has 1 heteroatoms. The molecule has 0 aromatic rings. The lowest BCUT2D eigenvalue weighted by atomic mass is 10.1. The molecule has 0 saturated carbocycles. The van der Waals surface area contributed by atoms with Gasteiger partial charge in [-0.3, -0.25) is 0 Å². The van der Waals surface area contributed by atoms with Crippen LogP contribution in [0.4, 0.5) is 0 Å². The van der Waals surface area contributed by atoms with Crippen LogP contribution in [0.5, 0.6) is 0 Å². The van der Waals surface area contributed by atoms with E-state index in [9.17, 15) is 0 Å². The second-order valence-corrected chi connectivity index (χ2v) is 4.76. The van der Waals surface area contributed by atoms with Crippen LogP contribution in [0, 0.1) is 11.8 Å². The van der Waals surface area contributed by atoms with Crippen molar-refractivity contribution in [3.8, 4) is 11.8 Å². The second kappa shape index (κ2) is 15.5. The largest absolute Gasteiger partial charge is 0.396 e. The van der Waals surface area contributed by atoms with Crippen LogP contribution in [-0.2, 0) is 0 Å². The zero-order valence-corrected chi connectivity index (χ0v) is 11.6. The van der Waals surface area contributed by atoms with Crippen LogP contribution in [0.25, 0.3) is 0 Å². The van der Waals surface area contributed by atoms with Crippen molar-refractivity contribution in [1.29, 1.82) is 0 Å². The molecule has 0 spiro atoms. The van der Waals surface area contributed by atoms with Gasteiger partial charge in [-0.15, -0.1) is 11.8 Å².